The first-order chi connectivity index (χ1) is 14.8. The minimum Gasteiger partial charge on any atom is -0.493 e. The molecule has 30 heavy (non-hydrogen) atoms. The molecule has 0 spiro atoms. The van der Waals surface area contributed by atoms with Crippen molar-refractivity contribution < 1.29 is 4.74 Å². The van der Waals surface area contributed by atoms with Crippen LogP contribution in [0.3, 0.4) is 0 Å². The third-order valence-electron chi connectivity index (χ3n) is 4.80. The number of hydrogen-bond acceptors (Lipinski definition) is 6. The predicted molar refractivity (Wildman–Crippen MR) is 111 cm³/mol. The molecular weight excluding hydrogens is 382 g/mol. The molecule has 0 aliphatic rings. The van der Waals surface area contributed by atoms with Crippen molar-refractivity contribution in [3.63, 3.8) is 0 Å². The van der Waals surface area contributed by atoms with Gasteiger partial charge < -0.3 is 9.72 Å². The average molecular weight is 401 g/mol. The summed E-state index contributed by atoms with van der Waals surface area (Å²) < 4.78 is 8.87. The molecule has 0 unspecified atom stereocenters. The van der Waals surface area contributed by atoms with E-state index in [1.807, 2.05) is 42.5 Å². The maximum atomic E-state index is 13.1. The fraction of sp³-hybridized carbons (Fsp3) is 0.190. The van der Waals surface area contributed by atoms with Crippen LogP contribution in [0.1, 0.15) is 19.0 Å². The number of aromatic amines is 1. The van der Waals surface area contributed by atoms with Gasteiger partial charge >= 0.3 is 5.69 Å². The SMILES string of the molecule is CCCOc1ccccc1-c1nc2c([nH]1)c1nncn1c(=O)n2Cc1ccccn1. The molecule has 5 aromatic rings. The summed E-state index contributed by atoms with van der Waals surface area (Å²) in [5, 5.41) is 8.03. The Kier molecular flexibility index (Phi) is 4.47. The second-order valence-corrected chi connectivity index (χ2v) is 6.84. The van der Waals surface area contributed by atoms with E-state index in [0.29, 0.717) is 29.2 Å². The van der Waals surface area contributed by atoms with Crippen LogP contribution in [0.15, 0.2) is 59.8 Å². The molecule has 5 rings (SSSR count). The van der Waals surface area contributed by atoms with Crippen molar-refractivity contribution >= 4 is 16.8 Å². The molecule has 150 valence electrons. The zero-order chi connectivity index (χ0) is 20.5. The van der Waals surface area contributed by atoms with Gasteiger partial charge in [-0.1, -0.05) is 25.1 Å². The van der Waals surface area contributed by atoms with E-state index in [1.165, 1.54) is 10.7 Å². The van der Waals surface area contributed by atoms with Crippen molar-refractivity contribution in [2.75, 3.05) is 6.61 Å². The third kappa shape index (κ3) is 3.00. The molecule has 0 aliphatic carbocycles. The number of hydrogen-bond donors (Lipinski definition) is 1. The van der Waals surface area contributed by atoms with Crippen molar-refractivity contribution in [2.24, 2.45) is 0 Å². The summed E-state index contributed by atoms with van der Waals surface area (Å²) in [6, 6.07) is 13.3. The highest BCUT2D eigenvalue weighted by Crippen LogP contribution is 2.30. The molecule has 0 aliphatic heterocycles. The van der Waals surface area contributed by atoms with Crippen LogP contribution in [0, 0.1) is 0 Å². The lowest BCUT2D eigenvalue weighted by Gasteiger charge is -2.08. The molecule has 9 nitrogen and oxygen atoms in total. The highest BCUT2D eigenvalue weighted by atomic mass is 16.5. The average Bonchev–Trinajstić information content (AvgIpc) is 3.43. The number of aromatic nitrogens is 7. The van der Waals surface area contributed by atoms with Gasteiger partial charge in [0.2, 0.25) is 0 Å². The number of para-hydroxylation sites is 1. The number of pyridine rings is 1. The Morgan fingerprint density at radius 1 is 1.10 bits per heavy atom. The van der Waals surface area contributed by atoms with Gasteiger partial charge in [-0.15, -0.1) is 10.2 Å². The second-order valence-electron chi connectivity index (χ2n) is 6.84. The van der Waals surface area contributed by atoms with Gasteiger partial charge in [-0.05, 0) is 30.7 Å². The quantitative estimate of drug-likeness (QED) is 0.469. The lowest BCUT2D eigenvalue weighted by Crippen LogP contribution is -2.27. The van der Waals surface area contributed by atoms with Crippen molar-refractivity contribution in [3.8, 4) is 17.1 Å². The highest BCUT2D eigenvalue weighted by Gasteiger charge is 2.19. The van der Waals surface area contributed by atoms with Gasteiger partial charge in [-0.3, -0.25) is 9.55 Å². The van der Waals surface area contributed by atoms with Crippen LogP contribution in [0.2, 0.25) is 0 Å². The summed E-state index contributed by atoms with van der Waals surface area (Å²) >= 11 is 0. The molecular formula is C21H19N7O2. The monoisotopic (exact) mass is 401 g/mol. The summed E-state index contributed by atoms with van der Waals surface area (Å²) in [5.74, 6) is 1.33. The van der Waals surface area contributed by atoms with Gasteiger partial charge in [-0.25, -0.2) is 14.2 Å². The predicted octanol–water partition coefficient (Wildman–Crippen LogP) is 2.67. The Bertz CT molecular complexity index is 1390. The Labute approximate surface area is 171 Å². The fourth-order valence-corrected chi connectivity index (χ4v) is 3.41. The van der Waals surface area contributed by atoms with E-state index in [2.05, 4.69) is 27.1 Å². The Hall–Kier alpha value is -4.01. The zero-order valence-corrected chi connectivity index (χ0v) is 16.3. The summed E-state index contributed by atoms with van der Waals surface area (Å²) in [4.78, 5) is 25.5. The number of nitrogens with one attached hydrogen (secondary N) is 1. The second kappa shape index (κ2) is 7.43. The number of nitrogens with zero attached hydrogens (tertiary/aromatic N) is 6. The lowest BCUT2D eigenvalue weighted by atomic mass is 10.2. The van der Waals surface area contributed by atoms with Crippen LogP contribution < -0.4 is 10.4 Å². The number of H-pyrrole nitrogens is 1. The molecule has 0 amide bonds. The number of benzene rings is 1. The molecule has 9 heteroatoms. The lowest BCUT2D eigenvalue weighted by molar-refractivity contribution is 0.318. The normalized spacial score (nSPS) is 11.4. The van der Waals surface area contributed by atoms with Crippen LogP contribution in [-0.4, -0.2) is 40.7 Å². The minimum absolute atomic E-state index is 0.276. The molecule has 1 N–H and O–H groups in total. The van der Waals surface area contributed by atoms with Crippen molar-refractivity contribution in [2.45, 2.75) is 19.9 Å². The molecule has 0 saturated heterocycles. The molecule has 4 heterocycles. The molecule has 0 saturated carbocycles. The van der Waals surface area contributed by atoms with Crippen molar-refractivity contribution in [1.29, 1.82) is 0 Å². The maximum absolute atomic E-state index is 13.1. The van der Waals surface area contributed by atoms with Crippen LogP contribution in [-0.2, 0) is 6.54 Å². The topological polar surface area (TPSA) is 103 Å². The first-order valence-electron chi connectivity index (χ1n) is 9.70. The number of rotatable bonds is 6. The maximum Gasteiger partial charge on any atom is 0.337 e. The Morgan fingerprint density at radius 3 is 2.80 bits per heavy atom. The highest BCUT2D eigenvalue weighted by molar-refractivity contribution is 5.88. The Balaban J connectivity index is 1.73. The standard InChI is InChI=1S/C21H19N7O2/c1-2-11-30-16-9-4-3-8-15(16)18-24-17-19(25-18)27(12-14-7-5-6-10-22-14)21(29)28-13-23-26-20(17)28/h3-10,13H,2,11-12H2,1H3,(H,24,25). The van der Waals surface area contributed by atoms with E-state index >= 15 is 0 Å². The largest absolute Gasteiger partial charge is 0.493 e. The van der Waals surface area contributed by atoms with E-state index in [4.69, 9.17) is 9.72 Å². The van der Waals surface area contributed by atoms with Gasteiger partial charge in [0.15, 0.2) is 11.3 Å². The van der Waals surface area contributed by atoms with Gasteiger partial charge in [0, 0.05) is 6.20 Å². The van der Waals surface area contributed by atoms with Crippen LogP contribution in [0.5, 0.6) is 5.75 Å². The van der Waals surface area contributed by atoms with Crippen molar-refractivity contribution in [1.82, 2.24) is 34.1 Å². The van der Waals surface area contributed by atoms with Crippen molar-refractivity contribution in [3.05, 3.63) is 71.2 Å². The molecule has 0 bridgehead atoms. The number of imidazole rings is 1. The van der Waals surface area contributed by atoms with E-state index < -0.39 is 0 Å². The van der Waals surface area contributed by atoms with Crippen LogP contribution in [0.4, 0.5) is 0 Å². The summed E-state index contributed by atoms with van der Waals surface area (Å²) in [5.41, 5.74) is 2.84. The van der Waals surface area contributed by atoms with Gasteiger partial charge in [0.1, 0.15) is 23.4 Å². The van der Waals surface area contributed by atoms with Crippen LogP contribution >= 0.6 is 0 Å². The molecule has 1 aromatic carbocycles. The number of fused-ring (bicyclic) bond motifs is 3. The van der Waals surface area contributed by atoms with E-state index in [0.717, 1.165) is 23.4 Å². The van der Waals surface area contributed by atoms with E-state index in [9.17, 15) is 4.79 Å². The summed E-state index contributed by atoms with van der Waals surface area (Å²) in [7, 11) is 0. The zero-order valence-electron chi connectivity index (χ0n) is 16.3. The first-order valence-corrected chi connectivity index (χ1v) is 9.70. The van der Waals surface area contributed by atoms with E-state index in [-0.39, 0.29) is 12.2 Å². The Morgan fingerprint density at radius 2 is 1.97 bits per heavy atom. The third-order valence-corrected chi connectivity index (χ3v) is 4.80. The number of ether oxygens (including phenoxy) is 1. The molecule has 0 atom stereocenters. The molecule has 4 aromatic heterocycles. The van der Waals surface area contributed by atoms with Gasteiger partial charge in [0.25, 0.3) is 0 Å². The smallest absolute Gasteiger partial charge is 0.337 e. The van der Waals surface area contributed by atoms with Gasteiger partial charge in [-0.2, -0.15) is 0 Å². The minimum atomic E-state index is -0.276. The van der Waals surface area contributed by atoms with Crippen LogP contribution in [0.25, 0.3) is 28.2 Å². The summed E-state index contributed by atoms with van der Waals surface area (Å²) in [6.45, 7) is 2.95. The molecule has 0 fully saturated rings. The van der Waals surface area contributed by atoms with E-state index in [1.54, 1.807) is 10.8 Å². The molecule has 0 radical (unpaired) electrons. The first kappa shape index (κ1) is 18.0. The van der Waals surface area contributed by atoms with Gasteiger partial charge in [0.05, 0.1) is 24.4 Å². The fourth-order valence-electron chi connectivity index (χ4n) is 3.41. The summed E-state index contributed by atoms with van der Waals surface area (Å²) in [6.07, 6.45) is 4.01.